The van der Waals surface area contributed by atoms with Gasteiger partial charge in [0.2, 0.25) is 5.91 Å². The van der Waals surface area contributed by atoms with Crippen molar-refractivity contribution in [2.75, 3.05) is 11.9 Å². The van der Waals surface area contributed by atoms with Crippen LogP contribution in [0.5, 0.6) is 0 Å². The number of rotatable bonds is 5. The third-order valence-corrected chi connectivity index (χ3v) is 5.58. The maximum Gasteiger partial charge on any atom is 0.341 e. The summed E-state index contributed by atoms with van der Waals surface area (Å²) in [4.78, 5) is 25.8. The minimum atomic E-state index is -0.370. The number of thiophene rings is 1. The van der Waals surface area contributed by atoms with Crippen LogP contribution in [-0.2, 0) is 9.53 Å². The Labute approximate surface area is 145 Å². The van der Waals surface area contributed by atoms with E-state index in [1.165, 1.54) is 16.9 Å². The summed E-state index contributed by atoms with van der Waals surface area (Å²) in [5.41, 5.74) is 2.57. The van der Waals surface area contributed by atoms with Crippen LogP contribution in [0.15, 0.2) is 30.3 Å². The predicted octanol–water partition coefficient (Wildman–Crippen LogP) is 4.28. The van der Waals surface area contributed by atoms with E-state index < -0.39 is 0 Å². The van der Waals surface area contributed by atoms with Gasteiger partial charge in [-0.2, -0.15) is 0 Å². The van der Waals surface area contributed by atoms with Crippen molar-refractivity contribution < 1.29 is 14.3 Å². The summed E-state index contributed by atoms with van der Waals surface area (Å²) in [6, 6.07) is 10.1. The quantitative estimate of drug-likeness (QED) is 0.824. The van der Waals surface area contributed by atoms with Crippen LogP contribution < -0.4 is 5.32 Å². The van der Waals surface area contributed by atoms with Crippen molar-refractivity contribution in [3.05, 3.63) is 51.9 Å². The first-order valence-electron chi connectivity index (χ1n) is 8.15. The number of carbonyl (C=O) groups excluding carboxylic acids is 2. The molecule has 0 aliphatic heterocycles. The second kappa shape index (κ2) is 6.77. The number of esters is 1. The van der Waals surface area contributed by atoms with E-state index in [9.17, 15) is 9.59 Å². The first-order chi connectivity index (χ1) is 11.5. The largest absolute Gasteiger partial charge is 0.462 e. The van der Waals surface area contributed by atoms with Gasteiger partial charge in [-0.15, -0.1) is 11.3 Å². The van der Waals surface area contributed by atoms with Crippen LogP contribution in [0.2, 0.25) is 0 Å². The Bertz CT molecular complexity index is 766. The molecule has 0 radical (unpaired) electrons. The number of hydrogen-bond donors (Lipinski definition) is 1. The molecular weight excluding hydrogens is 322 g/mol. The summed E-state index contributed by atoms with van der Waals surface area (Å²) >= 11 is 1.43. The second-order valence-electron chi connectivity index (χ2n) is 6.06. The van der Waals surface area contributed by atoms with Crippen LogP contribution in [0.25, 0.3) is 0 Å². The Kier molecular flexibility index (Phi) is 4.71. The number of amides is 1. The Hall–Kier alpha value is -2.14. The molecule has 0 bridgehead atoms. The molecule has 2 aromatic rings. The van der Waals surface area contributed by atoms with Gasteiger partial charge in [0, 0.05) is 10.8 Å². The van der Waals surface area contributed by atoms with E-state index in [4.69, 9.17) is 4.74 Å². The summed E-state index contributed by atoms with van der Waals surface area (Å²) in [6.45, 7) is 5.93. The van der Waals surface area contributed by atoms with E-state index in [1.807, 2.05) is 32.0 Å². The molecule has 3 rings (SSSR count). The lowest BCUT2D eigenvalue weighted by molar-refractivity contribution is -0.117. The maximum absolute atomic E-state index is 12.6. The fourth-order valence-corrected chi connectivity index (χ4v) is 3.97. The van der Waals surface area contributed by atoms with Crippen molar-refractivity contribution >= 4 is 28.2 Å². The van der Waals surface area contributed by atoms with E-state index in [2.05, 4.69) is 17.4 Å². The van der Waals surface area contributed by atoms with Crippen molar-refractivity contribution in [2.45, 2.75) is 33.1 Å². The zero-order chi connectivity index (χ0) is 17.3. The van der Waals surface area contributed by atoms with Gasteiger partial charge >= 0.3 is 5.97 Å². The van der Waals surface area contributed by atoms with Gasteiger partial charge < -0.3 is 10.1 Å². The topological polar surface area (TPSA) is 55.4 Å². The Morgan fingerprint density at radius 2 is 1.96 bits per heavy atom. The maximum atomic E-state index is 12.6. The lowest BCUT2D eigenvalue weighted by atomic mass is 10.1. The van der Waals surface area contributed by atoms with Crippen molar-refractivity contribution in [1.82, 2.24) is 0 Å². The van der Waals surface area contributed by atoms with E-state index in [-0.39, 0.29) is 23.7 Å². The van der Waals surface area contributed by atoms with E-state index in [0.717, 1.165) is 16.9 Å². The van der Waals surface area contributed by atoms with Gasteiger partial charge in [-0.25, -0.2) is 4.79 Å². The predicted molar refractivity (Wildman–Crippen MR) is 95.7 cm³/mol. The van der Waals surface area contributed by atoms with Crippen LogP contribution in [-0.4, -0.2) is 18.5 Å². The molecule has 1 aliphatic rings. The molecule has 2 atom stereocenters. The lowest BCUT2D eigenvalue weighted by Crippen LogP contribution is -2.16. The molecule has 126 valence electrons. The molecule has 24 heavy (non-hydrogen) atoms. The highest BCUT2D eigenvalue weighted by Gasteiger charge is 2.44. The molecule has 0 spiro atoms. The highest BCUT2D eigenvalue weighted by molar-refractivity contribution is 7.16. The number of anilines is 1. The normalized spacial score (nSPS) is 19.0. The lowest BCUT2D eigenvalue weighted by Gasteiger charge is -2.07. The minimum Gasteiger partial charge on any atom is -0.462 e. The van der Waals surface area contributed by atoms with Gasteiger partial charge in [-0.3, -0.25) is 4.79 Å². The Morgan fingerprint density at radius 1 is 1.25 bits per heavy atom. The molecule has 1 heterocycles. The van der Waals surface area contributed by atoms with Gasteiger partial charge in [-0.1, -0.05) is 30.3 Å². The highest BCUT2D eigenvalue weighted by atomic mass is 32.1. The van der Waals surface area contributed by atoms with Gasteiger partial charge in [0.25, 0.3) is 0 Å². The van der Waals surface area contributed by atoms with Crippen molar-refractivity contribution in [1.29, 1.82) is 0 Å². The molecule has 1 aromatic carbocycles. The second-order valence-corrected chi connectivity index (χ2v) is 7.28. The van der Waals surface area contributed by atoms with Crippen molar-refractivity contribution in [2.24, 2.45) is 5.92 Å². The Morgan fingerprint density at radius 3 is 2.62 bits per heavy atom. The number of aryl methyl sites for hydroxylation is 1. The monoisotopic (exact) mass is 343 g/mol. The van der Waals surface area contributed by atoms with Crippen LogP contribution in [0.4, 0.5) is 5.00 Å². The summed E-state index contributed by atoms with van der Waals surface area (Å²) in [5, 5.41) is 3.56. The third kappa shape index (κ3) is 3.22. The zero-order valence-electron chi connectivity index (χ0n) is 14.1. The molecule has 0 saturated heterocycles. The molecule has 4 nitrogen and oxygen atoms in total. The molecule has 1 amide bonds. The number of hydrogen-bond acceptors (Lipinski definition) is 4. The van der Waals surface area contributed by atoms with Crippen LogP contribution in [0, 0.1) is 19.8 Å². The molecule has 0 unspecified atom stereocenters. The smallest absolute Gasteiger partial charge is 0.341 e. The fourth-order valence-electron chi connectivity index (χ4n) is 2.92. The number of carbonyl (C=O) groups is 2. The first-order valence-corrected chi connectivity index (χ1v) is 8.97. The standard InChI is InChI=1S/C19H21NO3S/c1-4-23-19(22)16-11(2)12(3)24-18(16)20-17(21)15-10-14(15)13-8-6-5-7-9-13/h5-9,14-15H,4,10H2,1-3H3,(H,20,21)/t14-,15+/m0/s1. The molecule has 1 aromatic heterocycles. The molecule has 1 fully saturated rings. The van der Waals surface area contributed by atoms with Crippen LogP contribution >= 0.6 is 11.3 Å². The SMILES string of the molecule is CCOC(=O)c1c(NC(=O)[C@@H]2C[C@H]2c2ccccc2)sc(C)c1C. The molecule has 5 heteroatoms. The fraction of sp³-hybridized carbons (Fsp3) is 0.368. The van der Waals surface area contributed by atoms with Gasteiger partial charge in [0.1, 0.15) is 5.00 Å². The van der Waals surface area contributed by atoms with Gasteiger partial charge in [0.05, 0.1) is 12.2 Å². The van der Waals surface area contributed by atoms with Gasteiger partial charge in [-0.05, 0) is 44.2 Å². The molecular formula is C19H21NO3S. The highest BCUT2D eigenvalue weighted by Crippen LogP contribution is 2.48. The third-order valence-electron chi connectivity index (χ3n) is 4.46. The molecule has 1 saturated carbocycles. The van der Waals surface area contributed by atoms with E-state index in [1.54, 1.807) is 6.92 Å². The average Bonchev–Trinajstić information content (AvgIpc) is 3.31. The van der Waals surface area contributed by atoms with Crippen molar-refractivity contribution in [3.63, 3.8) is 0 Å². The Balaban J connectivity index is 1.74. The number of ether oxygens (including phenoxy) is 1. The van der Waals surface area contributed by atoms with Gasteiger partial charge in [0.15, 0.2) is 0 Å². The summed E-state index contributed by atoms with van der Waals surface area (Å²) < 4.78 is 5.13. The summed E-state index contributed by atoms with van der Waals surface area (Å²) in [5.74, 6) is -0.134. The van der Waals surface area contributed by atoms with E-state index >= 15 is 0 Å². The van der Waals surface area contributed by atoms with Crippen LogP contribution in [0.1, 0.15) is 45.6 Å². The summed E-state index contributed by atoms with van der Waals surface area (Å²) in [6.07, 6.45) is 0.855. The first kappa shape index (κ1) is 16.7. The number of benzene rings is 1. The van der Waals surface area contributed by atoms with E-state index in [0.29, 0.717) is 17.2 Å². The average molecular weight is 343 g/mol. The zero-order valence-corrected chi connectivity index (χ0v) is 14.9. The number of nitrogens with one attached hydrogen (secondary N) is 1. The van der Waals surface area contributed by atoms with Crippen LogP contribution in [0.3, 0.4) is 0 Å². The molecule has 1 N–H and O–H groups in total. The van der Waals surface area contributed by atoms with Crippen molar-refractivity contribution in [3.8, 4) is 0 Å². The minimum absolute atomic E-state index is 0.0179. The summed E-state index contributed by atoms with van der Waals surface area (Å²) in [7, 11) is 0. The molecule has 1 aliphatic carbocycles.